The summed E-state index contributed by atoms with van der Waals surface area (Å²) in [4.78, 5) is 7.84. The van der Waals surface area contributed by atoms with E-state index in [1.165, 1.54) is 5.56 Å². The lowest BCUT2D eigenvalue weighted by atomic mass is 10.1. The number of hydrogen-bond donors (Lipinski definition) is 0. The highest BCUT2D eigenvalue weighted by Gasteiger charge is 2.00. The largest absolute Gasteiger partial charge is 0.234 e. The van der Waals surface area contributed by atoms with Crippen molar-refractivity contribution in [3.63, 3.8) is 0 Å². The first kappa shape index (κ1) is 7.92. The number of aromatic nitrogens is 2. The monoisotopic (exact) mass is 169 g/mol. The first-order valence-corrected chi connectivity index (χ1v) is 4.13. The Morgan fingerprint density at radius 2 is 2.00 bits per heavy atom. The highest BCUT2D eigenvalue weighted by atomic mass is 14.8. The highest BCUT2D eigenvalue weighted by molar-refractivity contribution is 5.62. The minimum absolute atomic E-state index is 0.924. The minimum atomic E-state index is 0.924. The molecule has 2 heteroatoms. The standard InChI is InChI=1S/C11H9N2/c1-9-4-2-3-5-10(9)11-6-7-12-8-13-11/h2-7H,1H3. The van der Waals surface area contributed by atoms with Crippen molar-refractivity contribution in [2.24, 2.45) is 0 Å². The Labute approximate surface area is 77.3 Å². The molecular weight excluding hydrogens is 160 g/mol. The van der Waals surface area contributed by atoms with Gasteiger partial charge in [0.15, 0.2) is 6.33 Å². The maximum atomic E-state index is 4.07. The molecule has 13 heavy (non-hydrogen) atoms. The average molecular weight is 169 g/mol. The summed E-state index contributed by atoms with van der Waals surface area (Å²) < 4.78 is 0. The smallest absolute Gasteiger partial charge is 0.198 e. The van der Waals surface area contributed by atoms with E-state index in [1.54, 1.807) is 6.20 Å². The van der Waals surface area contributed by atoms with Crippen LogP contribution in [0.3, 0.4) is 0 Å². The zero-order valence-electron chi connectivity index (χ0n) is 7.36. The lowest BCUT2D eigenvalue weighted by Crippen LogP contribution is -1.86. The average Bonchev–Trinajstić information content (AvgIpc) is 2.20. The van der Waals surface area contributed by atoms with E-state index in [-0.39, 0.29) is 0 Å². The molecule has 0 unspecified atom stereocenters. The number of benzene rings is 1. The fraction of sp³-hybridized carbons (Fsp3) is 0.0909. The fourth-order valence-electron chi connectivity index (χ4n) is 1.27. The van der Waals surface area contributed by atoms with Gasteiger partial charge in [-0.3, -0.25) is 0 Å². The van der Waals surface area contributed by atoms with Crippen LogP contribution < -0.4 is 0 Å². The molecule has 63 valence electrons. The Morgan fingerprint density at radius 3 is 2.69 bits per heavy atom. The van der Waals surface area contributed by atoms with Crippen LogP contribution >= 0.6 is 0 Å². The Bertz CT molecular complexity index is 396. The number of nitrogens with zero attached hydrogens (tertiary/aromatic N) is 2. The van der Waals surface area contributed by atoms with Gasteiger partial charge in [0.25, 0.3) is 0 Å². The van der Waals surface area contributed by atoms with Gasteiger partial charge in [-0.15, -0.1) is 0 Å². The van der Waals surface area contributed by atoms with Gasteiger partial charge < -0.3 is 0 Å². The molecule has 2 aromatic rings. The Balaban J connectivity index is 2.54. The summed E-state index contributed by atoms with van der Waals surface area (Å²) in [6, 6.07) is 10.0. The third-order valence-corrected chi connectivity index (χ3v) is 1.96. The highest BCUT2D eigenvalue weighted by Crippen LogP contribution is 2.19. The van der Waals surface area contributed by atoms with Crippen LogP contribution in [0.15, 0.2) is 36.5 Å². The zero-order chi connectivity index (χ0) is 9.10. The number of hydrogen-bond acceptors (Lipinski definition) is 2. The van der Waals surface area contributed by atoms with Crippen LogP contribution in [-0.2, 0) is 0 Å². The molecule has 0 N–H and O–H groups in total. The van der Waals surface area contributed by atoms with Gasteiger partial charge in [-0.1, -0.05) is 24.3 Å². The molecule has 0 fully saturated rings. The third kappa shape index (κ3) is 1.56. The summed E-state index contributed by atoms with van der Waals surface area (Å²) in [6.45, 7) is 2.07. The van der Waals surface area contributed by atoms with Crippen LogP contribution in [0.25, 0.3) is 11.3 Å². The van der Waals surface area contributed by atoms with E-state index < -0.39 is 0 Å². The van der Waals surface area contributed by atoms with Crippen molar-refractivity contribution in [3.8, 4) is 11.3 Å². The second-order valence-electron chi connectivity index (χ2n) is 2.86. The van der Waals surface area contributed by atoms with Gasteiger partial charge in [-0.05, 0) is 18.6 Å². The van der Waals surface area contributed by atoms with Crippen molar-refractivity contribution < 1.29 is 0 Å². The molecule has 0 aliphatic carbocycles. The SMILES string of the molecule is Cc1ccccc1-c1ccn[c]n1. The number of rotatable bonds is 1. The summed E-state index contributed by atoms with van der Waals surface area (Å²) in [7, 11) is 0. The molecule has 0 saturated heterocycles. The first-order valence-electron chi connectivity index (χ1n) is 4.13. The van der Waals surface area contributed by atoms with E-state index in [0.717, 1.165) is 11.3 Å². The molecule has 0 amide bonds. The van der Waals surface area contributed by atoms with E-state index in [4.69, 9.17) is 0 Å². The molecule has 2 nitrogen and oxygen atoms in total. The van der Waals surface area contributed by atoms with E-state index in [9.17, 15) is 0 Å². The van der Waals surface area contributed by atoms with Crippen molar-refractivity contribution in [2.45, 2.75) is 6.92 Å². The van der Waals surface area contributed by atoms with Gasteiger partial charge in [0.2, 0.25) is 0 Å². The summed E-state index contributed by atoms with van der Waals surface area (Å²) in [5.41, 5.74) is 3.28. The molecule has 0 aliphatic heterocycles. The quantitative estimate of drug-likeness (QED) is 0.654. The third-order valence-electron chi connectivity index (χ3n) is 1.96. The normalized spacial score (nSPS) is 9.92. The summed E-state index contributed by atoms with van der Waals surface area (Å²) in [6.07, 6.45) is 4.29. The maximum absolute atomic E-state index is 4.07. The summed E-state index contributed by atoms with van der Waals surface area (Å²) in [5, 5.41) is 0. The van der Waals surface area contributed by atoms with Gasteiger partial charge >= 0.3 is 0 Å². The van der Waals surface area contributed by atoms with Crippen LogP contribution in [-0.4, -0.2) is 9.97 Å². The van der Waals surface area contributed by atoms with Crippen molar-refractivity contribution in [2.75, 3.05) is 0 Å². The molecule has 1 aromatic carbocycles. The molecule has 0 spiro atoms. The van der Waals surface area contributed by atoms with Crippen LogP contribution in [0.5, 0.6) is 0 Å². The van der Waals surface area contributed by atoms with Gasteiger partial charge in [0.05, 0.1) is 5.69 Å². The predicted octanol–water partition coefficient (Wildman–Crippen LogP) is 2.25. The van der Waals surface area contributed by atoms with Crippen LogP contribution in [0.4, 0.5) is 0 Å². The van der Waals surface area contributed by atoms with E-state index in [0.29, 0.717) is 0 Å². The van der Waals surface area contributed by atoms with Crippen LogP contribution in [0, 0.1) is 13.3 Å². The second kappa shape index (κ2) is 3.35. The molecular formula is C11H9N2. The summed E-state index contributed by atoms with van der Waals surface area (Å²) in [5.74, 6) is 0. The zero-order valence-corrected chi connectivity index (χ0v) is 7.36. The molecule has 1 aromatic heterocycles. The maximum Gasteiger partial charge on any atom is 0.198 e. The van der Waals surface area contributed by atoms with Crippen LogP contribution in [0.2, 0.25) is 0 Å². The second-order valence-corrected chi connectivity index (χ2v) is 2.86. The molecule has 0 atom stereocenters. The lowest BCUT2D eigenvalue weighted by Gasteiger charge is -2.02. The summed E-state index contributed by atoms with van der Waals surface area (Å²) >= 11 is 0. The minimum Gasteiger partial charge on any atom is -0.234 e. The van der Waals surface area contributed by atoms with E-state index in [1.807, 2.05) is 24.3 Å². The van der Waals surface area contributed by atoms with E-state index >= 15 is 0 Å². The van der Waals surface area contributed by atoms with Crippen molar-refractivity contribution >= 4 is 0 Å². The van der Waals surface area contributed by atoms with Gasteiger partial charge in [-0.2, -0.15) is 0 Å². The first-order chi connectivity index (χ1) is 6.38. The predicted molar refractivity (Wildman–Crippen MR) is 51.0 cm³/mol. The topological polar surface area (TPSA) is 25.8 Å². The molecule has 0 aliphatic rings. The fourth-order valence-corrected chi connectivity index (χ4v) is 1.27. The van der Waals surface area contributed by atoms with Crippen molar-refractivity contribution in [3.05, 3.63) is 48.4 Å². The Morgan fingerprint density at radius 1 is 1.15 bits per heavy atom. The van der Waals surface area contributed by atoms with Gasteiger partial charge in [0, 0.05) is 11.8 Å². The Hall–Kier alpha value is -1.70. The molecule has 1 heterocycles. The van der Waals surface area contributed by atoms with Gasteiger partial charge in [-0.25, -0.2) is 9.97 Å². The number of aryl methyl sites for hydroxylation is 1. The van der Waals surface area contributed by atoms with E-state index in [2.05, 4.69) is 29.3 Å². The molecule has 0 saturated carbocycles. The van der Waals surface area contributed by atoms with Gasteiger partial charge in [0.1, 0.15) is 0 Å². The lowest BCUT2D eigenvalue weighted by molar-refractivity contribution is 1.15. The van der Waals surface area contributed by atoms with Crippen molar-refractivity contribution in [1.29, 1.82) is 0 Å². The van der Waals surface area contributed by atoms with Crippen molar-refractivity contribution in [1.82, 2.24) is 9.97 Å². The molecule has 1 radical (unpaired) electrons. The Kier molecular flexibility index (Phi) is 2.04. The molecule has 2 rings (SSSR count). The van der Waals surface area contributed by atoms with Crippen LogP contribution in [0.1, 0.15) is 5.56 Å². The molecule has 0 bridgehead atoms.